The average Bonchev–Trinajstić information content (AvgIpc) is 3.40. The van der Waals surface area contributed by atoms with Crippen molar-refractivity contribution in [1.29, 1.82) is 0 Å². The summed E-state index contributed by atoms with van der Waals surface area (Å²) in [4.78, 5) is 22.5. The lowest BCUT2D eigenvalue weighted by atomic mass is 9.91. The first-order chi connectivity index (χ1) is 13.4. The van der Waals surface area contributed by atoms with Crippen LogP contribution in [0.4, 0.5) is 0 Å². The van der Waals surface area contributed by atoms with Crippen LogP contribution in [0.1, 0.15) is 30.0 Å². The van der Waals surface area contributed by atoms with Gasteiger partial charge in [0.1, 0.15) is 5.69 Å². The number of H-pyrrole nitrogens is 2. The van der Waals surface area contributed by atoms with Crippen molar-refractivity contribution in [3.63, 3.8) is 0 Å². The second kappa shape index (κ2) is 6.96. The van der Waals surface area contributed by atoms with Crippen LogP contribution in [-0.4, -0.2) is 42.9 Å². The molecule has 27 heavy (non-hydrogen) atoms. The molecule has 0 radical (unpaired) electrons. The van der Waals surface area contributed by atoms with Crippen molar-refractivity contribution < 1.29 is 0 Å². The van der Waals surface area contributed by atoms with Crippen LogP contribution in [0.3, 0.4) is 0 Å². The molecule has 0 saturated carbocycles. The highest BCUT2D eigenvalue weighted by Gasteiger charge is 2.25. The Hall–Kier alpha value is -2.99. The molecule has 6 nitrogen and oxygen atoms in total. The van der Waals surface area contributed by atoms with Crippen LogP contribution in [0.15, 0.2) is 55.2 Å². The third kappa shape index (κ3) is 3.24. The van der Waals surface area contributed by atoms with Crippen LogP contribution in [-0.2, 0) is 6.54 Å². The van der Waals surface area contributed by atoms with E-state index in [-0.39, 0.29) is 0 Å². The zero-order valence-corrected chi connectivity index (χ0v) is 15.1. The molecule has 0 amide bonds. The number of benzene rings is 1. The fourth-order valence-corrected chi connectivity index (χ4v) is 4.04. The number of hydrogen-bond acceptors (Lipinski definition) is 4. The van der Waals surface area contributed by atoms with Crippen LogP contribution in [0.2, 0.25) is 0 Å². The molecule has 4 aromatic rings. The number of likely N-dealkylation sites (tertiary alicyclic amines) is 1. The molecule has 3 aromatic heterocycles. The molecular weight excluding hydrogens is 336 g/mol. The summed E-state index contributed by atoms with van der Waals surface area (Å²) >= 11 is 0. The summed E-state index contributed by atoms with van der Waals surface area (Å²) < 4.78 is 0. The summed E-state index contributed by atoms with van der Waals surface area (Å²) in [5.41, 5.74) is 4.53. The second-order valence-corrected chi connectivity index (χ2v) is 7.18. The van der Waals surface area contributed by atoms with Gasteiger partial charge in [0, 0.05) is 49.0 Å². The van der Waals surface area contributed by atoms with E-state index in [9.17, 15) is 0 Å². The lowest BCUT2D eigenvalue weighted by molar-refractivity contribution is 0.203. The van der Waals surface area contributed by atoms with Gasteiger partial charge in [-0.05, 0) is 49.0 Å². The SMILES string of the molecule is c1c[nH]c(-c2nccnc2C2CCN(Cc3ccc4cc[nH]c4c3)CC2)n1. The quantitative estimate of drug-likeness (QED) is 0.583. The van der Waals surface area contributed by atoms with E-state index in [0.29, 0.717) is 5.92 Å². The van der Waals surface area contributed by atoms with E-state index >= 15 is 0 Å². The molecule has 2 N–H and O–H groups in total. The molecule has 0 atom stereocenters. The van der Waals surface area contributed by atoms with Crippen LogP contribution in [0, 0.1) is 0 Å². The molecule has 1 aliphatic rings. The van der Waals surface area contributed by atoms with E-state index in [4.69, 9.17) is 0 Å². The zero-order chi connectivity index (χ0) is 18.1. The number of aromatic nitrogens is 5. The highest BCUT2D eigenvalue weighted by Crippen LogP contribution is 2.32. The van der Waals surface area contributed by atoms with Gasteiger partial charge in [0.05, 0.1) is 5.69 Å². The Morgan fingerprint density at radius 3 is 2.67 bits per heavy atom. The van der Waals surface area contributed by atoms with Gasteiger partial charge in [-0.15, -0.1) is 0 Å². The Balaban J connectivity index is 1.28. The van der Waals surface area contributed by atoms with Crippen molar-refractivity contribution in [1.82, 2.24) is 29.8 Å². The predicted octanol–water partition coefficient (Wildman–Crippen LogP) is 3.73. The van der Waals surface area contributed by atoms with Gasteiger partial charge < -0.3 is 9.97 Å². The first kappa shape index (κ1) is 16.2. The molecule has 136 valence electrons. The molecule has 6 heteroatoms. The Bertz CT molecular complexity index is 1030. The van der Waals surface area contributed by atoms with Crippen molar-refractivity contribution in [3.05, 3.63) is 66.5 Å². The Morgan fingerprint density at radius 2 is 1.81 bits per heavy atom. The first-order valence-electron chi connectivity index (χ1n) is 9.46. The second-order valence-electron chi connectivity index (χ2n) is 7.18. The van der Waals surface area contributed by atoms with Gasteiger partial charge in [0.15, 0.2) is 5.82 Å². The van der Waals surface area contributed by atoms with Crippen molar-refractivity contribution in [2.24, 2.45) is 0 Å². The first-order valence-corrected chi connectivity index (χ1v) is 9.46. The Morgan fingerprint density at radius 1 is 0.926 bits per heavy atom. The van der Waals surface area contributed by atoms with Crippen molar-refractivity contribution in [2.45, 2.75) is 25.3 Å². The van der Waals surface area contributed by atoms with Crippen LogP contribution < -0.4 is 0 Å². The smallest absolute Gasteiger partial charge is 0.157 e. The van der Waals surface area contributed by atoms with Crippen molar-refractivity contribution >= 4 is 10.9 Å². The minimum atomic E-state index is 0.431. The van der Waals surface area contributed by atoms with E-state index in [1.54, 1.807) is 18.6 Å². The van der Waals surface area contributed by atoms with Crippen LogP contribution in [0.25, 0.3) is 22.4 Å². The summed E-state index contributed by atoms with van der Waals surface area (Å²) in [6.07, 6.45) is 11.3. The summed E-state index contributed by atoms with van der Waals surface area (Å²) in [6, 6.07) is 8.81. The number of nitrogens with zero attached hydrogens (tertiary/aromatic N) is 4. The van der Waals surface area contributed by atoms with Gasteiger partial charge in [-0.2, -0.15) is 0 Å². The van der Waals surface area contributed by atoms with Gasteiger partial charge in [0.25, 0.3) is 0 Å². The third-order valence-corrected chi connectivity index (χ3v) is 5.45. The van der Waals surface area contributed by atoms with Crippen LogP contribution in [0.5, 0.6) is 0 Å². The van der Waals surface area contributed by atoms with E-state index in [0.717, 1.165) is 49.7 Å². The third-order valence-electron chi connectivity index (χ3n) is 5.45. The van der Waals surface area contributed by atoms with Crippen molar-refractivity contribution in [3.8, 4) is 11.5 Å². The minimum absolute atomic E-state index is 0.431. The summed E-state index contributed by atoms with van der Waals surface area (Å²) in [5.74, 6) is 1.24. The summed E-state index contributed by atoms with van der Waals surface area (Å²) in [5, 5.41) is 1.27. The van der Waals surface area contributed by atoms with E-state index < -0.39 is 0 Å². The van der Waals surface area contributed by atoms with Gasteiger partial charge in [0.2, 0.25) is 0 Å². The maximum absolute atomic E-state index is 4.65. The predicted molar refractivity (Wildman–Crippen MR) is 105 cm³/mol. The largest absolute Gasteiger partial charge is 0.361 e. The molecule has 1 fully saturated rings. The highest BCUT2D eigenvalue weighted by molar-refractivity contribution is 5.79. The standard InChI is InChI=1S/C21H22N6/c1-2-16-3-6-22-18(16)13-15(1)14-27-11-4-17(5-12-27)19-20(24-8-7-23-19)21-25-9-10-26-21/h1-3,6-10,13,17,22H,4-5,11-12,14H2,(H,25,26). The molecule has 1 aromatic carbocycles. The van der Waals surface area contributed by atoms with Crippen molar-refractivity contribution in [2.75, 3.05) is 13.1 Å². The number of piperidine rings is 1. The zero-order valence-electron chi connectivity index (χ0n) is 15.1. The lowest BCUT2D eigenvalue weighted by Crippen LogP contribution is -2.33. The Kier molecular flexibility index (Phi) is 4.18. The maximum atomic E-state index is 4.65. The van der Waals surface area contributed by atoms with E-state index in [1.807, 2.05) is 12.4 Å². The monoisotopic (exact) mass is 358 g/mol. The molecule has 4 heterocycles. The number of hydrogen-bond donors (Lipinski definition) is 2. The number of rotatable bonds is 4. The molecule has 0 unspecified atom stereocenters. The summed E-state index contributed by atoms with van der Waals surface area (Å²) in [6.45, 7) is 3.14. The minimum Gasteiger partial charge on any atom is -0.361 e. The fourth-order valence-electron chi connectivity index (χ4n) is 4.04. The van der Waals surface area contributed by atoms with Gasteiger partial charge in [-0.25, -0.2) is 9.97 Å². The van der Waals surface area contributed by atoms with Gasteiger partial charge >= 0.3 is 0 Å². The molecular formula is C21H22N6. The summed E-state index contributed by atoms with van der Waals surface area (Å²) in [7, 11) is 0. The van der Waals surface area contributed by atoms with Gasteiger partial charge in [-0.3, -0.25) is 9.88 Å². The van der Waals surface area contributed by atoms with E-state index in [2.05, 4.69) is 54.1 Å². The number of imidazole rings is 1. The lowest BCUT2D eigenvalue weighted by Gasteiger charge is -2.32. The Labute approximate surface area is 157 Å². The topological polar surface area (TPSA) is 73.5 Å². The van der Waals surface area contributed by atoms with E-state index in [1.165, 1.54) is 16.5 Å². The molecule has 0 aliphatic carbocycles. The van der Waals surface area contributed by atoms with Gasteiger partial charge in [-0.1, -0.05) is 12.1 Å². The molecule has 5 rings (SSSR count). The number of fused-ring (bicyclic) bond motifs is 1. The highest BCUT2D eigenvalue weighted by atomic mass is 15.1. The van der Waals surface area contributed by atoms with Crippen LogP contribution >= 0.6 is 0 Å². The average molecular weight is 358 g/mol. The molecule has 1 saturated heterocycles. The molecule has 0 bridgehead atoms. The normalized spacial score (nSPS) is 16.1. The molecule has 0 spiro atoms. The maximum Gasteiger partial charge on any atom is 0.157 e. The fraction of sp³-hybridized carbons (Fsp3) is 0.286. The molecule has 1 aliphatic heterocycles. The number of aromatic amines is 2. The number of nitrogens with one attached hydrogen (secondary N) is 2.